The summed E-state index contributed by atoms with van der Waals surface area (Å²) in [4.78, 5) is 4.50. The third kappa shape index (κ3) is 2.81. The molecule has 3 rings (SSSR count). The van der Waals surface area contributed by atoms with E-state index in [1.807, 2.05) is 23.5 Å². The van der Waals surface area contributed by atoms with Crippen LogP contribution in [-0.4, -0.2) is 31.5 Å². The van der Waals surface area contributed by atoms with Crippen LogP contribution in [0.25, 0.3) is 11.5 Å². The average Bonchev–Trinajstić information content (AvgIpc) is 2.92. The molecule has 2 heterocycles. The Bertz CT molecular complexity index is 585. The summed E-state index contributed by atoms with van der Waals surface area (Å²) < 4.78 is 5.34. The first-order valence-electron chi connectivity index (χ1n) is 6.53. The van der Waals surface area contributed by atoms with Gasteiger partial charge in [0, 0.05) is 21.8 Å². The third-order valence-corrected chi connectivity index (χ3v) is 6.78. The minimum Gasteiger partial charge on any atom is -0.508 e. The fraction of sp³-hybridized carbons (Fsp3) is 0.429. The molecule has 1 saturated heterocycles. The molecule has 0 saturated carbocycles. The molecule has 1 aromatic carbocycles. The highest BCUT2D eigenvalue weighted by molar-refractivity contribution is 8.07. The van der Waals surface area contributed by atoms with Crippen LogP contribution in [0.5, 0.6) is 5.75 Å². The van der Waals surface area contributed by atoms with Crippen LogP contribution in [0.4, 0.5) is 0 Å². The van der Waals surface area contributed by atoms with E-state index in [0.29, 0.717) is 21.6 Å². The quantitative estimate of drug-likeness (QED) is 0.912. The minimum absolute atomic E-state index is 0.232. The first-order chi connectivity index (χ1) is 9.63. The standard InChI is InChI=1S/C14H16N2O2S2/c1-8-9(2)20-12(7-19-8)13-15-14(18-16-13)10-3-5-11(17)6-4-10/h3-6,8-9,12,17H,7H2,1-2H3. The van der Waals surface area contributed by atoms with Crippen molar-refractivity contribution in [1.29, 1.82) is 0 Å². The lowest BCUT2D eigenvalue weighted by Gasteiger charge is -2.29. The molecule has 4 nitrogen and oxygen atoms in total. The summed E-state index contributed by atoms with van der Waals surface area (Å²) >= 11 is 3.87. The van der Waals surface area contributed by atoms with E-state index >= 15 is 0 Å². The Morgan fingerprint density at radius 1 is 1.20 bits per heavy atom. The second kappa shape index (κ2) is 5.69. The fourth-order valence-corrected chi connectivity index (χ4v) is 4.84. The Labute approximate surface area is 126 Å². The number of hydrogen-bond donors (Lipinski definition) is 1. The first-order valence-corrected chi connectivity index (χ1v) is 8.52. The normalized spacial score (nSPS) is 26.6. The highest BCUT2D eigenvalue weighted by Crippen LogP contribution is 2.43. The van der Waals surface area contributed by atoms with Crippen molar-refractivity contribution in [1.82, 2.24) is 10.1 Å². The van der Waals surface area contributed by atoms with E-state index in [1.54, 1.807) is 24.3 Å². The molecule has 1 N–H and O–H groups in total. The van der Waals surface area contributed by atoms with Gasteiger partial charge in [-0.2, -0.15) is 16.7 Å². The predicted octanol–water partition coefficient (Wildman–Crippen LogP) is 3.74. The van der Waals surface area contributed by atoms with Crippen molar-refractivity contribution in [3.8, 4) is 17.2 Å². The third-order valence-electron chi connectivity index (χ3n) is 3.39. The van der Waals surface area contributed by atoms with Crippen molar-refractivity contribution in [2.45, 2.75) is 29.6 Å². The van der Waals surface area contributed by atoms with Crippen LogP contribution in [0.2, 0.25) is 0 Å². The highest BCUT2D eigenvalue weighted by Gasteiger charge is 2.29. The smallest absolute Gasteiger partial charge is 0.257 e. The molecule has 3 atom stereocenters. The maximum Gasteiger partial charge on any atom is 0.257 e. The molecule has 106 valence electrons. The minimum atomic E-state index is 0.232. The van der Waals surface area contributed by atoms with Gasteiger partial charge in [0.05, 0.1) is 5.25 Å². The van der Waals surface area contributed by atoms with Gasteiger partial charge in [0.2, 0.25) is 0 Å². The summed E-state index contributed by atoms with van der Waals surface area (Å²) in [6.07, 6.45) is 0. The first kappa shape index (κ1) is 13.8. The van der Waals surface area contributed by atoms with Gasteiger partial charge in [-0.15, -0.1) is 11.8 Å². The van der Waals surface area contributed by atoms with E-state index in [4.69, 9.17) is 4.52 Å². The number of rotatable bonds is 2. The molecule has 0 amide bonds. The molecule has 1 aliphatic heterocycles. The van der Waals surface area contributed by atoms with E-state index in [2.05, 4.69) is 24.0 Å². The van der Waals surface area contributed by atoms with Crippen molar-refractivity contribution in [3.63, 3.8) is 0 Å². The van der Waals surface area contributed by atoms with Crippen LogP contribution in [-0.2, 0) is 0 Å². The molecule has 0 aliphatic carbocycles. The molecule has 20 heavy (non-hydrogen) atoms. The Hall–Kier alpha value is -1.14. The van der Waals surface area contributed by atoms with Crippen molar-refractivity contribution in [2.75, 3.05) is 5.75 Å². The maximum absolute atomic E-state index is 9.29. The molecular weight excluding hydrogens is 292 g/mol. The van der Waals surface area contributed by atoms with Gasteiger partial charge in [-0.1, -0.05) is 19.0 Å². The number of hydrogen-bond acceptors (Lipinski definition) is 6. The van der Waals surface area contributed by atoms with Crippen LogP contribution >= 0.6 is 23.5 Å². The lowest BCUT2D eigenvalue weighted by Crippen LogP contribution is -2.22. The van der Waals surface area contributed by atoms with Gasteiger partial charge in [-0.25, -0.2) is 0 Å². The Kier molecular flexibility index (Phi) is 3.94. The van der Waals surface area contributed by atoms with Gasteiger partial charge in [-0.3, -0.25) is 0 Å². The van der Waals surface area contributed by atoms with Crippen molar-refractivity contribution in [3.05, 3.63) is 30.1 Å². The predicted molar refractivity (Wildman–Crippen MR) is 83.1 cm³/mol. The van der Waals surface area contributed by atoms with Crippen molar-refractivity contribution in [2.24, 2.45) is 0 Å². The lowest BCUT2D eigenvalue weighted by atomic mass is 10.2. The summed E-state index contributed by atoms with van der Waals surface area (Å²) in [7, 11) is 0. The molecule has 3 unspecified atom stereocenters. The number of phenolic OH excluding ortho intramolecular Hbond substituents is 1. The zero-order valence-electron chi connectivity index (χ0n) is 11.3. The number of aromatic nitrogens is 2. The summed E-state index contributed by atoms with van der Waals surface area (Å²) in [5, 5.41) is 15.0. The molecule has 2 aromatic rings. The summed E-state index contributed by atoms with van der Waals surface area (Å²) in [5.74, 6) is 2.53. The summed E-state index contributed by atoms with van der Waals surface area (Å²) in [6.45, 7) is 4.51. The number of nitrogens with zero attached hydrogens (tertiary/aromatic N) is 2. The molecule has 0 spiro atoms. The molecule has 0 bridgehead atoms. The number of aromatic hydroxyl groups is 1. The van der Waals surface area contributed by atoms with Crippen LogP contribution in [0.15, 0.2) is 28.8 Å². The maximum atomic E-state index is 9.29. The van der Waals surface area contributed by atoms with Crippen LogP contribution in [0.3, 0.4) is 0 Å². The van der Waals surface area contributed by atoms with Crippen molar-refractivity contribution < 1.29 is 9.63 Å². The second-order valence-electron chi connectivity index (χ2n) is 4.87. The summed E-state index contributed by atoms with van der Waals surface area (Å²) in [6, 6.07) is 6.79. The fourth-order valence-electron chi connectivity index (χ4n) is 2.01. The zero-order chi connectivity index (χ0) is 14.1. The Morgan fingerprint density at radius 2 is 1.95 bits per heavy atom. The van der Waals surface area contributed by atoms with Gasteiger partial charge < -0.3 is 9.63 Å². The van der Waals surface area contributed by atoms with Crippen LogP contribution in [0.1, 0.15) is 24.9 Å². The number of phenols is 1. The molecule has 0 radical (unpaired) electrons. The average molecular weight is 308 g/mol. The topological polar surface area (TPSA) is 59.2 Å². The van der Waals surface area contributed by atoms with Gasteiger partial charge in [0.25, 0.3) is 5.89 Å². The van der Waals surface area contributed by atoms with Crippen LogP contribution < -0.4 is 0 Å². The Morgan fingerprint density at radius 3 is 2.65 bits per heavy atom. The summed E-state index contributed by atoms with van der Waals surface area (Å²) in [5.41, 5.74) is 0.830. The molecule has 1 fully saturated rings. The Balaban J connectivity index is 1.78. The highest BCUT2D eigenvalue weighted by atomic mass is 32.2. The van der Waals surface area contributed by atoms with Gasteiger partial charge >= 0.3 is 0 Å². The van der Waals surface area contributed by atoms with E-state index < -0.39 is 0 Å². The van der Waals surface area contributed by atoms with Gasteiger partial charge in [0.1, 0.15) is 5.75 Å². The van der Waals surface area contributed by atoms with E-state index in [9.17, 15) is 5.11 Å². The second-order valence-corrected chi connectivity index (χ2v) is 7.87. The molecule has 6 heteroatoms. The number of thioether (sulfide) groups is 2. The monoisotopic (exact) mass is 308 g/mol. The van der Waals surface area contributed by atoms with Crippen molar-refractivity contribution >= 4 is 23.5 Å². The largest absolute Gasteiger partial charge is 0.508 e. The van der Waals surface area contributed by atoms with Gasteiger partial charge in [0.15, 0.2) is 5.82 Å². The van der Waals surface area contributed by atoms with Crippen LogP contribution in [0, 0.1) is 0 Å². The molecular formula is C14H16N2O2S2. The molecule has 1 aromatic heterocycles. The lowest BCUT2D eigenvalue weighted by molar-refractivity contribution is 0.422. The number of benzene rings is 1. The van der Waals surface area contributed by atoms with Gasteiger partial charge in [-0.05, 0) is 24.3 Å². The van der Waals surface area contributed by atoms with E-state index in [-0.39, 0.29) is 5.75 Å². The van der Waals surface area contributed by atoms with E-state index in [1.165, 1.54) is 0 Å². The SMILES string of the molecule is CC1SCC(c2noc(-c3ccc(O)cc3)n2)SC1C. The molecule has 1 aliphatic rings. The van der Waals surface area contributed by atoms with E-state index in [0.717, 1.165) is 17.1 Å². The zero-order valence-corrected chi connectivity index (χ0v) is 12.9.